The maximum absolute atomic E-state index is 13.6. The molecule has 0 aliphatic heterocycles. The van der Waals surface area contributed by atoms with Gasteiger partial charge in [0.1, 0.15) is 5.52 Å². The van der Waals surface area contributed by atoms with Crippen LogP contribution in [0.5, 0.6) is 0 Å². The first-order valence-corrected chi connectivity index (χ1v) is 5.55. The predicted molar refractivity (Wildman–Crippen MR) is 63.1 cm³/mol. The molecule has 78 valence electrons. The van der Waals surface area contributed by atoms with Gasteiger partial charge >= 0.3 is 5.69 Å². The highest BCUT2D eigenvalue weighted by Gasteiger charge is 2.26. The van der Waals surface area contributed by atoms with E-state index in [0.717, 1.165) is 0 Å². The van der Waals surface area contributed by atoms with Gasteiger partial charge in [0.2, 0.25) is 5.82 Å². The Hall–Kier alpha value is -0.770. The molecular weight excluding hydrogens is 384 g/mol. The quantitative estimate of drug-likeness (QED) is 0.355. The van der Waals surface area contributed by atoms with Gasteiger partial charge in [-0.3, -0.25) is 15.2 Å². The summed E-state index contributed by atoms with van der Waals surface area (Å²) < 4.78 is 14.2. The Morgan fingerprint density at radius 1 is 1.67 bits per heavy atom. The maximum atomic E-state index is 13.6. The van der Waals surface area contributed by atoms with Gasteiger partial charge in [0.05, 0.1) is 14.7 Å². The molecule has 0 aliphatic rings. The number of hydrogen-bond acceptors (Lipinski definition) is 3. The Morgan fingerprint density at radius 3 is 2.93 bits per heavy atom. The van der Waals surface area contributed by atoms with Crippen molar-refractivity contribution in [1.29, 1.82) is 0 Å². The molecule has 0 atom stereocenters. The van der Waals surface area contributed by atoms with Gasteiger partial charge in [-0.05, 0) is 38.5 Å². The highest BCUT2D eigenvalue weighted by atomic mass is 127. The Bertz CT molecular complexity index is 571. The van der Waals surface area contributed by atoms with Gasteiger partial charge in [0.25, 0.3) is 0 Å². The Morgan fingerprint density at radius 2 is 2.33 bits per heavy atom. The van der Waals surface area contributed by atoms with Crippen molar-refractivity contribution in [2.24, 2.45) is 0 Å². The summed E-state index contributed by atoms with van der Waals surface area (Å²) >= 11 is 4.87. The first kappa shape index (κ1) is 10.7. The summed E-state index contributed by atoms with van der Waals surface area (Å²) in [5.41, 5.74) is -0.486. The van der Waals surface area contributed by atoms with Crippen molar-refractivity contribution in [2.75, 3.05) is 0 Å². The van der Waals surface area contributed by atoms with E-state index in [1.165, 1.54) is 6.20 Å². The zero-order valence-corrected chi connectivity index (χ0v) is 10.7. The van der Waals surface area contributed by atoms with Crippen LogP contribution in [0.15, 0.2) is 10.7 Å². The van der Waals surface area contributed by atoms with Crippen LogP contribution in [0, 0.1) is 19.5 Å². The summed E-state index contributed by atoms with van der Waals surface area (Å²) in [6.45, 7) is 0. The summed E-state index contributed by atoms with van der Waals surface area (Å²) in [6.07, 6.45) is 1.41. The average molecular weight is 386 g/mol. The highest BCUT2D eigenvalue weighted by molar-refractivity contribution is 14.1. The lowest BCUT2D eigenvalue weighted by Gasteiger charge is -2.01. The van der Waals surface area contributed by atoms with Crippen molar-refractivity contribution >= 4 is 55.1 Å². The van der Waals surface area contributed by atoms with Crippen molar-refractivity contribution in [3.05, 3.63) is 30.2 Å². The van der Waals surface area contributed by atoms with Gasteiger partial charge in [0, 0.05) is 9.86 Å². The Balaban J connectivity index is 3.01. The van der Waals surface area contributed by atoms with E-state index in [9.17, 15) is 14.5 Å². The van der Waals surface area contributed by atoms with Crippen LogP contribution in [0.1, 0.15) is 0 Å². The normalized spacial score (nSPS) is 10.9. The second-order valence-electron chi connectivity index (χ2n) is 2.71. The number of aromatic nitrogens is 2. The fourth-order valence-electron chi connectivity index (χ4n) is 1.23. The number of aromatic amines is 1. The standard InChI is InChI=1S/C7H2BrFIN3O2/c8-3-2-1-11-12-6(2)7(13(14)15)4(9)5(3)10/h1H,(H,11,12). The fraction of sp³-hybridized carbons (Fsp3) is 0. The number of nitrogens with zero attached hydrogens (tertiary/aromatic N) is 2. The SMILES string of the molecule is O=[N+]([O-])c1c(F)c(I)c(Br)c2cn[nH]c12. The lowest BCUT2D eigenvalue weighted by Crippen LogP contribution is -1.97. The average Bonchev–Trinajstić information content (AvgIpc) is 2.62. The number of benzene rings is 1. The topological polar surface area (TPSA) is 71.8 Å². The number of halogens is 3. The van der Waals surface area contributed by atoms with Crippen LogP contribution in [-0.2, 0) is 0 Å². The first-order chi connectivity index (χ1) is 7.04. The molecule has 1 N–H and O–H groups in total. The molecule has 0 saturated carbocycles. The fourth-order valence-corrected chi connectivity index (χ4v) is 2.25. The van der Waals surface area contributed by atoms with E-state index in [4.69, 9.17) is 0 Å². The van der Waals surface area contributed by atoms with Crippen molar-refractivity contribution in [3.63, 3.8) is 0 Å². The van der Waals surface area contributed by atoms with Crippen molar-refractivity contribution in [1.82, 2.24) is 10.2 Å². The lowest BCUT2D eigenvalue weighted by atomic mass is 10.2. The maximum Gasteiger partial charge on any atom is 0.331 e. The molecule has 5 nitrogen and oxygen atoms in total. The van der Waals surface area contributed by atoms with Crippen LogP contribution < -0.4 is 0 Å². The van der Waals surface area contributed by atoms with E-state index in [2.05, 4.69) is 26.1 Å². The second-order valence-corrected chi connectivity index (χ2v) is 4.58. The summed E-state index contributed by atoms with van der Waals surface area (Å²) in [5, 5.41) is 17.3. The van der Waals surface area contributed by atoms with Gasteiger partial charge < -0.3 is 0 Å². The van der Waals surface area contributed by atoms with E-state index in [-0.39, 0.29) is 9.09 Å². The Kier molecular flexibility index (Phi) is 2.63. The number of H-pyrrole nitrogens is 1. The zero-order chi connectivity index (χ0) is 11.2. The van der Waals surface area contributed by atoms with E-state index < -0.39 is 16.4 Å². The monoisotopic (exact) mass is 385 g/mol. The number of nitro groups is 1. The molecular formula is C7H2BrFIN3O2. The van der Waals surface area contributed by atoms with Crippen LogP contribution >= 0.6 is 38.5 Å². The van der Waals surface area contributed by atoms with Crippen LogP contribution in [0.2, 0.25) is 0 Å². The van der Waals surface area contributed by atoms with Crippen LogP contribution in [0.3, 0.4) is 0 Å². The van der Waals surface area contributed by atoms with Crippen LogP contribution in [0.4, 0.5) is 10.1 Å². The molecule has 1 aromatic carbocycles. The third-order valence-corrected chi connectivity index (χ3v) is 4.47. The Labute approximate surface area is 104 Å². The van der Waals surface area contributed by atoms with Gasteiger partial charge in [-0.2, -0.15) is 9.49 Å². The highest BCUT2D eigenvalue weighted by Crippen LogP contribution is 2.37. The third-order valence-electron chi connectivity index (χ3n) is 1.89. The first-order valence-electron chi connectivity index (χ1n) is 3.68. The molecule has 2 aromatic rings. The molecule has 0 amide bonds. The van der Waals surface area contributed by atoms with Crippen molar-refractivity contribution in [3.8, 4) is 0 Å². The number of rotatable bonds is 1. The van der Waals surface area contributed by atoms with Crippen LogP contribution in [-0.4, -0.2) is 15.1 Å². The largest absolute Gasteiger partial charge is 0.331 e. The minimum atomic E-state index is -0.857. The molecule has 0 unspecified atom stereocenters. The molecule has 2 rings (SSSR count). The molecule has 8 heteroatoms. The second kappa shape index (κ2) is 3.67. The molecule has 1 aromatic heterocycles. The van der Waals surface area contributed by atoms with E-state index >= 15 is 0 Å². The van der Waals surface area contributed by atoms with Crippen molar-refractivity contribution in [2.45, 2.75) is 0 Å². The van der Waals surface area contributed by atoms with Crippen LogP contribution in [0.25, 0.3) is 10.9 Å². The molecule has 0 bridgehead atoms. The molecule has 0 fully saturated rings. The molecule has 0 saturated heterocycles. The molecule has 15 heavy (non-hydrogen) atoms. The van der Waals surface area contributed by atoms with Gasteiger partial charge in [-0.1, -0.05) is 0 Å². The van der Waals surface area contributed by atoms with Crippen molar-refractivity contribution < 1.29 is 9.31 Å². The van der Waals surface area contributed by atoms with E-state index in [1.54, 1.807) is 22.6 Å². The molecule has 0 aliphatic carbocycles. The number of nitro benzene ring substituents is 1. The lowest BCUT2D eigenvalue weighted by molar-refractivity contribution is -0.386. The summed E-state index contributed by atoms with van der Waals surface area (Å²) in [7, 11) is 0. The molecule has 1 heterocycles. The third kappa shape index (κ3) is 1.51. The minimum Gasteiger partial charge on any atom is -0.271 e. The summed E-state index contributed by atoms with van der Waals surface area (Å²) in [5.74, 6) is -0.857. The summed E-state index contributed by atoms with van der Waals surface area (Å²) in [4.78, 5) is 9.94. The molecule has 0 spiro atoms. The number of hydrogen-bond donors (Lipinski definition) is 1. The zero-order valence-electron chi connectivity index (χ0n) is 6.92. The number of nitrogens with one attached hydrogen (secondary N) is 1. The number of fused-ring (bicyclic) bond motifs is 1. The predicted octanol–water partition coefficient (Wildman–Crippen LogP) is 2.98. The smallest absolute Gasteiger partial charge is 0.271 e. The van der Waals surface area contributed by atoms with Gasteiger partial charge in [-0.15, -0.1) is 0 Å². The van der Waals surface area contributed by atoms with Gasteiger partial charge in [0.15, 0.2) is 0 Å². The van der Waals surface area contributed by atoms with Gasteiger partial charge in [-0.25, -0.2) is 0 Å². The summed E-state index contributed by atoms with van der Waals surface area (Å²) in [6, 6.07) is 0. The van der Waals surface area contributed by atoms with E-state index in [1.807, 2.05) is 0 Å². The van der Waals surface area contributed by atoms with E-state index in [0.29, 0.717) is 9.86 Å². The molecule has 0 radical (unpaired) electrons. The minimum absolute atomic E-state index is 0.0878.